The van der Waals surface area contributed by atoms with Gasteiger partial charge in [0.05, 0.1) is 11.4 Å². The number of aromatic amines is 1. The number of rotatable bonds is 3. The fourth-order valence-corrected chi connectivity index (χ4v) is 3.10. The second-order valence-electron chi connectivity index (χ2n) is 6.38. The van der Waals surface area contributed by atoms with Gasteiger partial charge in [0.25, 0.3) is 0 Å². The number of hydrogen-bond donors (Lipinski definition) is 3. The lowest BCUT2D eigenvalue weighted by molar-refractivity contribution is 0.262. The molecule has 0 bridgehead atoms. The molecule has 4 nitrogen and oxygen atoms in total. The second kappa shape index (κ2) is 6.96. The second-order valence-corrected chi connectivity index (χ2v) is 6.38. The van der Waals surface area contributed by atoms with Crippen molar-refractivity contribution >= 4 is 28.3 Å². The Morgan fingerprint density at radius 1 is 0.926 bits per heavy atom. The smallest absolute Gasteiger partial charge is 0.323 e. The Labute approximate surface area is 156 Å². The molecule has 0 atom stereocenters. The van der Waals surface area contributed by atoms with Crippen molar-refractivity contribution in [1.29, 1.82) is 0 Å². The maximum absolute atomic E-state index is 13.3. The summed E-state index contributed by atoms with van der Waals surface area (Å²) in [4.78, 5) is 15.9. The molecule has 0 radical (unpaired) electrons. The van der Waals surface area contributed by atoms with Gasteiger partial charge < -0.3 is 15.6 Å². The first kappa shape index (κ1) is 16.8. The van der Waals surface area contributed by atoms with Crippen molar-refractivity contribution in [2.24, 2.45) is 0 Å². The summed E-state index contributed by atoms with van der Waals surface area (Å²) < 4.78 is 13.3. The van der Waals surface area contributed by atoms with Gasteiger partial charge in [-0.15, -0.1) is 0 Å². The van der Waals surface area contributed by atoms with Crippen LogP contribution in [0, 0.1) is 12.7 Å². The fraction of sp³-hybridized carbons (Fsp3) is 0.0455. The van der Waals surface area contributed by atoms with Crippen molar-refractivity contribution in [3.63, 3.8) is 0 Å². The van der Waals surface area contributed by atoms with Gasteiger partial charge in [0.2, 0.25) is 0 Å². The average Bonchev–Trinajstić information content (AvgIpc) is 3.01. The van der Waals surface area contributed by atoms with Crippen LogP contribution in [0.2, 0.25) is 0 Å². The number of nitrogens with one attached hydrogen (secondary N) is 3. The van der Waals surface area contributed by atoms with Crippen LogP contribution in [0.1, 0.15) is 5.56 Å². The molecule has 4 aromatic rings. The lowest BCUT2D eigenvalue weighted by Gasteiger charge is -2.10. The third kappa shape index (κ3) is 3.53. The molecule has 1 aromatic heterocycles. The number of halogens is 1. The molecule has 0 fully saturated rings. The number of H-pyrrole nitrogens is 1. The third-order valence-corrected chi connectivity index (χ3v) is 4.35. The monoisotopic (exact) mass is 359 g/mol. The van der Waals surface area contributed by atoms with E-state index in [1.807, 2.05) is 55.5 Å². The van der Waals surface area contributed by atoms with Crippen molar-refractivity contribution in [3.8, 4) is 11.3 Å². The molecule has 1 heterocycles. The number of anilines is 2. The highest BCUT2D eigenvalue weighted by Crippen LogP contribution is 2.35. The van der Waals surface area contributed by atoms with E-state index in [0.29, 0.717) is 5.69 Å². The number of fused-ring (bicyclic) bond motifs is 1. The zero-order valence-electron chi connectivity index (χ0n) is 14.7. The summed E-state index contributed by atoms with van der Waals surface area (Å²) in [7, 11) is 0. The first-order valence-electron chi connectivity index (χ1n) is 8.61. The number of hydrogen-bond acceptors (Lipinski definition) is 1. The Hall–Kier alpha value is -3.60. The molecular weight excluding hydrogens is 341 g/mol. The van der Waals surface area contributed by atoms with E-state index in [-0.39, 0.29) is 11.8 Å². The normalized spacial score (nSPS) is 10.7. The Kier molecular flexibility index (Phi) is 4.34. The number of aromatic nitrogens is 1. The van der Waals surface area contributed by atoms with Gasteiger partial charge in [-0.25, -0.2) is 9.18 Å². The molecule has 0 aliphatic heterocycles. The van der Waals surface area contributed by atoms with E-state index in [1.54, 1.807) is 12.1 Å². The highest BCUT2D eigenvalue weighted by atomic mass is 19.1. The number of urea groups is 1. The number of amides is 2. The molecule has 4 rings (SSSR count). The molecular formula is C22H18FN3O. The summed E-state index contributed by atoms with van der Waals surface area (Å²) in [6.45, 7) is 1.97. The van der Waals surface area contributed by atoms with Crippen LogP contribution in [0.4, 0.5) is 20.6 Å². The van der Waals surface area contributed by atoms with Crippen molar-refractivity contribution in [2.45, 2.75) is 6.92 Å². The van der Waals surface area contributed by atoms with Crippen LogP contribution in [0.15, 0.2) is 72.8 Å². The SMILES string of the molecule is Cc1cccc(NC(=O)Nc2c(-c3ccc(F)cc3)[nH]c3ccccc23)c1. The van der Waals surface area contributed by atoms with Crippen LogP contribution in [-0.4, -0.2) is 11.0 Å². The molecule has 2 amide bonds. The lowest BCUT2D eigenvalue weighted by atomic mass is 10.1. The number of para-hydroxylation sites is 1. The van der Waals surface area contributed by atoms with E-state index in [2.05, 4.69) is 15.6 Å². The predicted octanol–water partition coefficient (Wildman–Crippen LogP) is 5.93. The van der Waals surface area contributed by atoms with Gasteiger partial charge in [-0.1, -0.05) is 30.3 Å². The number of benzene rings is 3. The maximum atomic E-state index is 13.3. The maximum Gasteiger partial charge on any atom is 0.323 e. The van der Waals surface area contributed by atoms with E-state index in [1.165, 1.54) is 12.1 Å². The van der Waals surface area contributed by atoms with E-state index in [4.69, 9.17) is 0 Å². The zero-order chi connectivity index (χ0) is 18.8. The minimum absolute atomic E-state index is 0.304. The molecule has 0 aliphatic rings. The predicted molar refractivity (Wildman–Crippen MR) is 108 cm³/mol. The number of carbonyl (C=O) groups excluding carboxylic acids is 1. The summed E-state index contributed by atoms with van der Waals surface area (Å²) in [5.41, 5.74) is 4.85. The molecule has 27 heavy (non-hydrogen) atoms. The van der Waals surface area contributed by atoms with Gasteiger partial charge in [-0.05, 0) is 55.0 Å². The van der Waals surface area contributed by atoms with Gasteiger partial charge in [-0.2, -0.15) is 0 Å². The quantitative estimate of drug-likeness (QED) is 0.417. The minimum Gasteiger partial charge on any atom is -0.353 e. The standard InChI is InChI=1S/C22H18FN3O/c1-14-5-4-6-17(13-14)24-22(27)26-21-18-7-2-3-8-19(18)25-20(21)15-9-11-16(23)12-10-15/h2-13,25H,1H3,(H2,24,26,27). The molecule has 5 heteroatoms. The number of aryl methyl sites for hydroxylation is 1. The summed E-state index contributed by atoms with van der Waals surface area (Å²) in [5.74, 6) is -0.304. The molecule has 0 aliphatic carbocycles. The Balaban J connectivity index is 1.70. The van der Waals surface area contributed by atoms with Gasteiger partial charge in [0.1, 0.15) is 5.82 Å². The van der Waals surface area contributed by atoms with Crippen LogP contribution in [0.25, 0.3) is 22.2 Å². The van der Waals surface area contributed by atoms with Crippen LogP contribution in [0.5, 0.6) is 0 Å². The Morgan fingerprint density at radius 2 is 1.70 bits per heavy atom. The van der Waals surface area contributed by atoms with Crippen molar-refractivity contribution in [3.05, 3.63) is 84.2 Å². The molecule has 0 saturated heterocycles. The molecule has 134 valence electrons. The highest BCUT2D eigenvalue weighted by Gasteiger charge is 2.15. The largest absolute Gasteiger partial charge is 0.353 e. The first-order valence-corrected chi connectivity index (χ1v) is 8.61. The van der Waals surface area contributed by atoms with Crippen LogP contribution < -0.4 is 10.6 Å². The fourth-order valence-electron chi connectivity index (χ4n) is 3.10. The minimum atomic E-state index is -0.339. The lowest BCUT2D eigenvalue weighted by Crippen LogP contribution is -2.19. The van der Waals surface area contributed by atoms with Crippen LogP contribution in [0.3, 0.4) is 0 Å². The van der Waals surface area contributed by atoms with Crippen molar-refractivity contribution in [1.82, 2.24) is 4.98 Å². The van der Waals surface area contributed by atoms with E-state index < -0.39 is 0 Å². The summed E-state index contributed by atoms with van der Waals surface area (Å²) in [6.07, 6.45) is 0. The molecule has 0 saturated carbocycles. The summed E-state index contributed by atoms with van der Waals surface area (Å²) >= 11 is 0. The molecule has 0 spiro atoms. The first-order chi connectivity index (χ1) is 13.1. The van der Waals surface area contributed by atoms with E-state index in [9.17, 15) is 9.18 Å². The van der Waals surface area contributed by atoms with Crippen molar-refractivity contribution in [2.75, 3.05) is 10.6 Å². The molecule has 3 N–H and O–H groups in total. The van der Waals surface area contributed by atoms with E-state index in [0.717, 1.165) is 33.4 Å². The third-order valence-electron chi connectivity index (χ3n) is 4.35. The summed E-state index contributed by atoms with van der Waals surface area (Å²) in [5, 5.41) is 6.67. The van der Waals surface area contributed by atoms with E-state index >= 15 is 0 Å². The van der Waals surface area contributed by atoms with Gasteiger partial charge >= 0.3 is 6.03 Å². The Morgan fingerprint density at radius 3 is 2.48 bits per heavy atom. The van der Waals surface area contributed by atoms with Crippen LogP contribution >= 0.6 is 0 Å². The number of carbonyl (C=O) groups is 1. The van der Waals surface area contributed by atoms with Gasteiger partial charge in [-0.3, -0.25) is 0 Å². The van der Waals surface area contributed by atoms with Gasteiger partial charge in [0.15, 0.2) is 0 Å². The molecule has 0 unspecified atom stereocenters. The Bertz CT molecular complexity index is 1120. The van der Waals surface area contributed by atoms with Crippen LogP contribution in [-0.2, 0) is 0 Å². The van der Waals surface area contributed by atoms with Gasteiger partial charge in [0, 0.05) is 22.2 Å². The highest BCUT2D eigenvalue weighted by molar-refractivity contribution is 6.10. The topological polar surface area (TPSA) is 56.9 Å². The molecule has 3 aromatic carbocycles. The van der Waals surface area contributed by atoms with Crippen molar-refractivity contribution < 1.29 is 9.18 Å². The summed E-state index contributed by atoms with van der Waals surface area (Å²) in [6, 6.07) is 21.1. The zero-order valence-corrected chi connectivity index (χ0v) is 14.7. The average molecular weight is 359 g/mol.